The van der Waals surface area contributed by atoms with Crippen LogP contribution in [0.4, 0.5) is 4.79 Å². The van der Waals surface area contributed by atoms with Crippen molar-refractivity contribution in [1.82, 2.24) is 15.1 Å². The second-order valence-corrected chi connectivity index (χ2v) is 7.18. The summed E-state index contributed by atoms with van der Waals surface area (Å²) in [5, 5.41) is 5.34. The number of carbonyl (C=O) groups is 2. The number of ether oxygens (including phenoxy) is 1. The van der Waals surface area contributed by atoms with Gasteiger partial charge in [-0.25, -0.2) is 4.79 Å². The summed E-state index contributed by atoms with van der Waals surface area (Å²) >= 11 is 7.33. The lowest BCUT2D eigenvalue weighted by Crippen LogP contribution is -2.53. The SMILES string of the molecule is O=C(NCCOc1cccc(Cl)c1)N1CCN(C(=O)c2cccs2)CC1. The lowest BCUT2D eigenvalue weighted by Gasteiger charge is -2.34. The van der Waals surface area contributed by atoms with E-state index in [1.165, 1.54) is 11.3 Å². The molecule has 0 bridgehead atoms. The van der Waals surface area contributed by atoms with Crippen molar-refractivity contribution in [3.63, 3.8) is 0 Å². The third-order valence-corrected chi connectivity index (χ3v) is 5.12. The third-order valence-electron chi connectivity index (χ3n) is 4.03. The molecule has 2 heterocycles. The van der Waals surface area contributed by atoms with Gasteiger partial charge >= 0.3 is 6.03 Å². The maximum atomic E-state index is 12.3. The molecule has 1 aromatic carbocycles. The number of nitrogens with zero attached hydrogens (tertiary/aromatic N) is 2. The van der Waals surface area contributed by atoms with E-state index in [0.29, 0.717) is 50.1 Å². The number of benzene rings is 1. The van der Waals surface area contributed by atoms with Crippen LogP contribution >= 0.6 is 22.9 Å². The molecule has 3 rings (SSSR count). The van der Waals surface area contributed by atoms with Crippen molar-refractivity contribution in [2.75, 3.05) is 39.3 Å². The van der Waals surface area contributed by atoms with Crippen LogP contribution in [0.25, 0.3) is 0 Å². The summed E-state index contributed by atoms with van der Waals surface area (Å²) in [4.78, 5) is 28.8. The Morgan fingerprint density at radius 2 is 1.88 bits per heavy atom. The number of halogens is 1. The molecule has 0 saturated carbocycles. The Labute approximate surface area is 161 Å². The monoisotopic (exact) mass is 393 g/mol. The molecule has 3 amide bonds. The summed E-state index contributed by atoms with van der Waals surface area (Å²) in [6, 6.07) is 10.7. The zero-order valence-corrected chi connectivity index (χ0v) is 15.8. The van der Waals surface area contributed by atoms with Gasteiger partial charge in [0.1, 0.15) is 12.4 Å². The maximum Gasteiger partial charge on any atom is 0.317 e. The number of piperazine rings is 1. The molecule has 0 spiro atoms. The van der Waals surface area contributed by atoms with Crippen molar-refractivity contribution in [1.29, 1.82) is 0 Å². The van der Waals surface area contributed by atoms with E-state index in [-0.39, 0.29) is 11.9 Å². The minimum Gasteiger partial charge on any atom is -0.492 e. The summed E-state index contributed by atoms with van der Waals surface area (Å²) in [5.41, 5.74) is 0. The summed E-state index contributed by atoms with van der Waals surface area (Å²) in [7, 11) is 0. The van der Waals surface area contributed by atoms with E-state index in [4.69, 9.17) is 16.3 Å². The molecule has 138 valence electrons. The lowest BCUT2D eigenvalue weighted by atomic mass is 10.3. The molecule has 1 aliphatic rings. The van der Waals surface area contributed by atoms with E-state index < -0.39 is 0 Å². The van der Waals surface area contributed by atoms with Crippen LogP contribution in [-0.2, 0) is 0 Å². The first-order chi connectivity index (χ1) is 12.6. The quantitative estimate of drug-likeness (QED) is 0.794. The van der Waals surface area contributed by atoms with Gasteiger partial charge < -0.3 is 19.9 Å². The van der Waals surface area contributed by atoms with Crippen LogP contribution in [0.5, 0.6) is 5.75 Å². The van der Waals surface area contributed by atoms with E-state index in [2.05, 4.69) is 5.32 Å². The van der Waals surface area contributed by atoms with Crippen LogP contribution in [0, 0.1) is 0 Å². The van der Waals surface area contributed by atoms with Crippen LogP contribution in [0.3, 0.4) is 0 Å². The molecule has 0 aliphatic carbocycles. The van der Waals surface area contributed by atoms with Crippen molar-refractivity contribution in [2.45, 2.75) is 0 Å². The smallest absolute Gasteiger partial charge is 0.317 e. The Morgan fingerprint density at radius 3 is 2.58 bits per heavy atom. The average molecular weight is 394 g/mol. The van der Waals surface area contributed by atoms with Gasteiger partial charge in [-0.3, -0.25) is 4.79 Å². The van der Waals surface area contributed by atoms with Crippen LogP contribution in [0.1, 0.15) is 9.67 Å². The van der Waals surface area contributed by atoms with E-state index in [1.54, 1.807) is 21.9 Å². The topological polar surface area (TPSA) is 61.9 Å². The number of carbonyl (C=O) groups excluding carboxylic acids is 2. The second-order valence-electron chi connectivity index (χ2n) is 5.79. The highest BCUT2D eigenvalue weighted by Crippen LogP contribution is 2.17. The summed E-state index contributed by atoms with van der Waals surface area (Å²) in [5.74, 6) is 0.711. The first kappa shape index (κ1) is 18.5. The molecule has 1 aliphatic heterocycles. The molecule has 1 fully saturated rings. The Morgan fingerprint density at radius 1 is 1.12 bits per heavy atom. The van der Waals surface area contributed by atoms with Crippen LogP contribution < -0.4 is 10.1 Å². The summed E-state index contributed by atoms with van der Waals surface area (Å²) < 4.78 is 5.55. The lowest BCUT2D eigenvalue weighted by molar-refractivity contribution is 0.0669. The highest BCUT2D eigenvalue weighted by atomic mass is 35.5. The average Bonchev–Trinajstić information content (AvgIpc) is 3.19. The van der Waals surface area contributed by atoms with Gasteiger partial charge in [0.15, 0.2) is 0 Å². The number of hydrogen-bond donors (Lipinski definition) is 1. The predicted molar refractivity (Wildman–Crippen MR) is 102 cm³/mol. The van der Waals surface area contributed by atoms with Crippen molar-refractivity contribution in [3.05, 3.63) is 51.7 Å². The molecule has 1 aromatic heterocycles. The number of rotatable bonds is 5. The molecule has 1 N–H and O–H groups in total. The first-order valence-electron chi connectivity index (χ1n) is 8.37. The summed E-state index contributed by atoms with van der Waals surface area (Å²) in [6.45, 7) is 2.91. The Bertz CT molecular complexity index is 746. The number of amides is 3. The minimum absolute atomic E-state index is 0.0370. The largest absolute Gasteiger partial charge is 0.492 e. The Hall–Kier alpha value is -2.25. The molecule has 2 aromatic rings. The molecule has 6 nitrogen and oxygen atoms in total. The van der Waals surface area contributed by atoms with Crippen molar-refractivity contribution >= 4 is 34.9 Å². The first-order valence-corrected chi connectivity index (χ1v) is 9.63. The zero-order valence-electron chi connectivity index (χ0n) is 14.2. The van der Waals surface area contributed by atoms with Gasteiger partial charge in [0.05, 0.1) is 11.4 Å². The standard InChI is InChI=1S/C18H20ClN3O3S/c19-14-3-1-4-15(13-14)25-11-6-20-18(24)22-9-7-21(8-10-22)17(23)16-5-2-12-26-16/h1-5,12-13H,6-11H2,(H,20,24). The maximum absolute atomic E-state index is 12.3. The predicted octanol–water partition coefficient (Wildman–Crippen LogP) is 2.95. The molecule has 1 saturated heterocycles. The highest BCUT2D eigenvalue weighted by molar-refractivity contribution is 7.12. The Balaban J connectivity index is 1.36. The number of nitrogens with one attached hydrogen (secondary N) is 1. The van der Waals surface area contributed by atoms with E-state index in [9.17, 15) is 9.59 Å². The number of urea groups is 1. The molecule has 26 heavy (non-hydrogen) atoms. The highest BCUT2D eigenvalue weighted by Gasteiger charge is 2.25. The van der Waals surface area contributed by atoms with Gasteiger partial charge in [0.25, 0.3) is 5.91 Å². The van der Waals surface area contributed by atoms with E-state index in [1.807, 2.05) is 29.6 Å². The molecule has 0 radical (unpaired) electrons. The summed E-state index contributed by atoms with van der Waals surface area (Å²) in [6.07, 6.45) is 0. The molecule has 0 atom stereocenters. The third kappa shape index (κ3) is 4.89. The van der Waals surface area contributed by atoms with Crippen molar-refractivity contribution < 1.29 is 14.3 Å². The van der Waals surface area contributed by atoms with E-state index >= 15 is 0 Å². The fraction of sp³-hybridized carbons (Fsp3) is 0.333. The van der Waals surface area contributed by atoms with Gasteiger partial charge in [-0.2, -0.15) is 0 Å². The van der Waals surface area contributed by atoms with Gasteiger partial charge in [-0.15, -0.1) is 11.3 Å². The number of thiophene rings is 1. The fourth-order valence-corrected chi connectivity index (χ4v) is 3.54. The molecule has 8 heteroatoms. The second kappa shape index (κ2) is 8.91. The minimum atomic E-state index is -0.136. The van der Waals surface area contributed by atoms with E-state index in [0.717, 1.165) is 4.88 Å². The van der Waals surface area contributed by atoms with Crippen molar-refractivity contribution in [3.8, 4) is 5.75 Å². The molecular formula is C18H20ClN3O3S. The Kier molecular flexibility index (Phi) is 6.35. The van der Waals surface area contributed by atoms with Crippen molar-refractivity contribution in [2.24, 2.45) is 0 Å². The fourth-order valence-electron chi connectivity index (χ4n) is 2.66. The van der Waals surface area contributed by atoms with Crippen LogP contribution in [0.15, 0.2) is 41.8 Å². The van der Waals surface area contributed by atoms with Gasteiger partial charge in [-0.1, -0.05) is 23.7 Å². The van der Waals surface area contributed by atoms with Gasteiger partial charge in [0, 0.05) is 31.2 Å². The van der Waals surface area contributed by atoms with Gasteiger partial charge in [-0.05, 0) is 29.6 Å². The van der Waals surface area contributed by atoms with Gasteiger partial charge in [0.2, 0.25) is 0 Å². The normalized spacial score (nSPS) is 14.2. The zero-order chi connectivity index (χ0) is 18.4. The van der Waals surface area contributed by atoms with Crippen LogP contribution in [-0.4, -0.2) is 61.1 Å². The van der Waals surface area contributed by atoms with Crippen LogP contribution in [0.2, 0.25) is 5.02 Å². The molecule has 0 unspecified atom stereocenters. The molecular weight excluding hydrogens is 374 g/mol. The number of hydrogen-bond acceptors (Lipinski definition) is 4.